The normalized spacial score (nSPS) is 15.7. The number of aryl methyl sites for hydroxylation is 1. The van der Waals surface area contributed by atoms with Gasteiger partial charge in [-0.3, -0.25) is 4.79 Å². The van der Waals surface area contributed by atoms with Crippen LogP contribution >= 0.6 is 23.7 Å². The van der Waals surface area contributed by atoms with Gasteiger partial charge in [0.1, 0.15) is 5.01 Å². The largest absolute Gasteiger partial charge is 0.317 e. The molecule has 0 aromatic carbocycles. The fraction of sp³-hybridized carbons (Fsp3) is 0.769. The Morgan fingerprint density at radius 3 is 2.80 bits per heavy atom. The van der Waals surface area contributed by atoms with Gasteiger partial charge in [0.25, 0.3) is 0 Å². The van der Waals surface area contributed by atoms with Crippen molar-refractivity contribution in [3.05, 3.63) is 5.01 Å². The number of hydrogen-bond acceptors (Lipinski definition) is 5. The van der Waals surface area contributed by atoms with Crippen LogP contribution in [-0.4, -0.2) is 29.2 Å². The predicted octanol–water partition coefficient (Wildman–Crippen LogP) is 2.63. The van der Waals surface area contributed by atoms with Crippen molar-refractivity contribution in [1.82, 2.24) is 15.5 Å². The molecule has 7 heteroatoms. The van der Waals surface area contributed by atoms with Gasteiger partial charge in [0.05, 0.1) is 0 Å². The molecule has 1 aliphatic rings. The zero-order chi connectivity index (χ0) is 13.5. The van der Waals surface area contributed by atoms with Crippen LogP contribution in [-0.2, 0) is 11.2 Å². The summed E-state index contributed by atoms with van der Waals surface area (Å²) < 4.78 is 0. The van der Waals surface area contributed by atoms with Gasteiger partial charge in [-0.1, -0.05) is 31.1 Å². The van der Waals surface area contributed by atoms with Crippen LogP contribution in [0.5, 0.6) is 0 Å². The molecule has 1 aromatic heterocycles. The molecule has 1 fully saturated rings. The number of anilines is 1. The SMILES string of the molecule is CCCCCc1nnc(NC(=O)C2CCNCC2)s1.Cl. The molecule has 114 valence electrons. The van der Waals surface area contributed by atoms with Gasteiger partial charge in [-0.05, 0) is 32.4 Å². The topological polar surface area (TPSA) is 66.9 Å². The summed E-state index contributed by atoms with van der Waals surface area (Å²) >= 11 is 1.51. The van der Waals surface area contributed by atoms with E-state index in [0.717, 1.165) is 43.8 Å². The molecule has 1 saturated heterocycles. The minimum Gasteiger partial charge on any atom is -0.317 e. The average molecular weight is 319 g/mol. The van der Waals surface area contributed by atoms with E-state index in [1.165, 1.54) is 24.2 Å². The van der Waals surface area contributed by atoms with Crippen molar-refractivity contribution in [2.45, 2.75) is 45.4 Å². The molecule has 0 radical (unpaired) electrons. The van der Waals surface area contributed by atoms with Gasteiger partial charge in [0.2, 0.25) is 11.0 Å². The summed E-state index contributed by atoms with van der Waals surface area (Å²) in [6.45, 7) is 4.04. The highest BCUT2D eigenvalue weighted by Crippen LogP contribution is 2.20. The Morgan fingerprint density at radius 1 is 1.35 bits per heavy atom. The van der Waals surface area contributed by atoms with E-state index in [1.54, 1.807) is 0 Å². The number of hydrogen-bond donors (Lipinski definition) is 2. The summed E-state index contributed by atoms with van der Waals surface area (Å²) in [5.74, 6) is 0.214. The van der Waals surface area contributed by atoms with E-state index >= 15 is 0 Å². The van der Waals surface area contributed by atoms with E-state index in [2.05, 4.69) is 27.8 Å². The van der Waals surface area contributed by atoms with Gasteiger partial charge in [-0.25, -0.2) is 0 Å². The fourth-order valence-corrected chi connectivity index (χ4v) is 3.01. The van der Waals surface area contributed by atoms with Crippen molar-refractivity contribution in [3.8, 4) is 0 Å². The van der Waals surface area contributed by atoms with Crippen LogP contribution in [0.3, 0.4) is 0 Å². The van der Waals surface area contributed by atoms with E-state index in [-0.39, 0.29) is 24.2 Å². The monoisotopic (exact) mass is 318 g/mol. The highest BCUT2D eigenvalue weighted by atomic mass is 35.5. The van der Waals surface area contributed by atoms with Gasteiger partial charge in [-0.2, -0.15) is 0 Å². The number of piperidine rings is 1. The fourth-order valence-electron chi connectivity index (χ4n) is 2.22. The van der Waals surface area contributed by atoms with Crippen molar-refractivity contribution in [2.75, 3.05) is 18.4 Å². The first-order valence-electron chi connectivity index (χ1n) is 7.13. The first-order chi connectivity index (χ1) is 9.29. The number of carbonyl (C=O) groups is 1. The number of nitrogens with zero attached hydrogens (tertiary/aromatic N) is 2. The van der Waals surface area contributed by atoms with Crippen molar-refractivity contribution in [2.24, 2.45) is 5.92 Å². The molecule has 20 heavy (non-hydrogen) atoms. The molecule has 5 nitrogen and oxygen atoms in total. The molecule has 0 bridgehead atoms. The van der Waals surface area contributed by atoms with Gasteiger partial charge < -0.3 is 10.6 Å². The predicted molar refractivity (Wildman–Crippen MR) is 84.6 cm³/mol. The smallest absolute Gasteiger partial charge is 0.229 e. The molecule has 0 spiro atoms. The summed E-state index contributed by atoms with van der Waals surface area (Å²) in [4.78, 5) is 12.0. The maximum atomic E-state index is 12.0. The number of halogens is 1. The quantitative estimate of drug-likeness (QED) is 0.791. The van der Waals surface area contributed by atoms with E-state index in [0.29, 0.717) is 5.13 Å². The molecule has 0 aliphatic carbocycles. The molecule has 2 rings (SSSR count). The number of amides is 1. The first-order valence-corrected chi connectivity index (χ1v) is 7.95. The van der Waals surface area contributed by atoms with E-state index < -0.39 is 0 Å². The second-order valence-electron chi connectivity index (χ2n) is 4.97. The van der Waals surface area contributed by atoms with Gasteiger partial charge in [0, 0.05) is 12.3 Å². The summed E-state index contributed by atoms with van der Waals surface area (Å²) in [7, 11) is 0. The molecular weight excluding hydrogens is 296 g/mol. The Labute approximate surface area is 130 Å². The lowest BCUT2D eigenvalue weighted by molar-refractivity contribution is -0.120. The van der Waals surface area contributed by atoms with Crippen LogP contribution < -0.4 is 10.6 Å². The van der Waals surface area contributed by atoms with Gasteiger partial charge in [0.15, 0.2) is 0 Å². The van der Waals surface area contributed by atoms with E-state index in [4.69, 9.17) is 0 Å². The minimum absolute atomic E-state index is 0. The summed E-state index contributed by atoms with van der Waals surface area (Å²) in [6, 6.07) is 0. The van der Waals surface area contributed by atoms with Crippen molar-refractivity contribution < 1.29 is 4.79 Å². The lowest BCUT2D eigenvalue weighted by Gasteiger charge is -2.20. The Balaban J connectivity index is 0.00000200. The Bertz CT molecular complexity index is 407. The zero-order valence-corrected chi connectivity index (χ0v) is 13.5. The van der Waals surface area contributed by atoms with Crippen molar-refractivity contribution in [1.29, 1.82) is 0 Å². The van der Waals surface area contributed by atoms with Crippen LogP contribution in [0.25, 0.3) is 0 Å². The van der Waals surface area contributed by atoms with Gasteiger partial charge in [-0.15, -0.1) is 22.6 Å². The number of aromatic nitrogens is 2. The zero-order valence-electron chi connectivity index (χ0n) is 11.9. The molecule has 0 atom stereocenters. The molecule has 2 heterocycles. The third-order valence-corrected chi connectivity index (χ3v) is 4.30. The Hall–Kier alpha value is -0.720. The van der Waals surface area contributed by atoms with Crippen LogP contribution in [0.2, 0.25) is 0 Å². The lowest BCUT2D eigenvalue weighted by atomic mass is 9.97. The number of carbonyl (C=O) groups excluding carboxylic acids is 1. The summed E-state index contributed by atoms with van der Waals surface area (Å²) in [5.41, 5.74) is 0. The summed E-state index contributed by atoms with van der Waals surface area (Å²) in [6.07, 6.45) is 6.36. The standard InChI is InChI=1S/C13H22N4OS.ClH/c1-2-3-4-5-11-16-17-13(19-11)15-12(18)10-6-8-14-9-7-10;/h10,14H,2-9H2,1H3,(H,15,17,18);1H. The first kappa shape index (κ1) is 17.3. The third kappa shape index (κ3) is 5.34. The van der Waals surface area contributed by atoms with Crippen molar-refractivity contribution in [3.63, 3.8) is 0 Å². The van der Waals surface area contributed by atoms with Crippen LogP contribution in [0.1, 0.15) is 44.0 Å². The number of nitrogens with one attached hydrogen (secondary N) is 2. The van der Waals surface area contributed by atoms with Crippen LogP contribution in [0.15, 0.2) is 0 Å². The second-order valence-corrected chi connectivity index (χ2v) is 6.03. The number of rotatable bonds is 6. The molecule has 2 N–H and O–H groups in total. The third-order valence-electron chi connectivity index (χ3n) is 3.40. The molecular formula is C13H23ClN4OS. The highest BCUT2D eigenvalue weighted by Gasteiger charge is 2.21. The molecule has 1 aliphatic heterocycles. The van der Waals surface area contributed by atoms with Gasteiger partial charge >= 0.3 is 0 Å². The maximum Gasteiger partial charge on any atom is 0.229 e. The lowest BCUT2D eigenvalue weighted by Crippen LogP contribution is -2.34. The molecule has 1 aromatic rings. The Morgan fingerprint density at radius 2 is 2.10 bits per heavy atom. The molecule has 1 amide bonds. The summed E-state index contributed by atoms with van der Waals surface area (Å²) in [5, 5.41) is 16.0. The molecule has 0 saturated carbocycles. The van der Waals surface area contributed by atoms with Crippen LogP contribution in [0, 0.1) is 5.92 Å². The average Bonchev–Trinajstić information content (AvgIpc) is 2.88. The van der Waals surface area contributed by atoms with Crippen LogP contribution in [0.4, 0.5) is 5.13 Å². The van der Waals surface area contributed by atoms with Crippen molar-refractivity contribution >= 4 is 34.8 Å². The van der Waals surface area contributed by atoms with E-state index in [9.17, 15) is 4.79 Å². The van der Waals surface area contributed by atoms with E-state index in [1.807, 2.05) is 0 Å². The second kappa shape index (κ2) is 9.26. The minimum atomic E-state index is 0. The molecule has 0 unspecified atom stereocenters. The maximum absolute atomic E-state index is 12.0. The highest BCUT2D eigenvalue weighted by molar-refractivity contribution is 7.15. The number of unbranched alkanes of at least 4 members (excludes halogenated alkanes) is 2. The Kier molecular flexibility index (Phi) is 8.02.